The molecule has 1 atom stereocenters. The molecule has 1 aliphatic rings. The number of nitrogens with one attached hydrogen (secondary N) is 2. The van der Waals surface area contributed by atoms with E-state index in [9.17, 15) is 9.59 Å². The highest BCUT2D eigenvalue weighted by Crippen LogP contribution is 2.16. The largest absolute Gasteiger partial charge is 0.480 e. The van der Waals surface area contributed by atoms with Crippen LogP contribution in [0.2, 0.25) is 0 Å². The number of carbonyl (C=O) groups is 2. The molecule has 0 bridgehead atoms. The van der Waals surface area contributed by atoms with Crippen LogP contribution in [-0.2, 0) is 17.8 Å². The highest BCUT2D eigenvalue weighted by Gasteiger charge is 2.20. The van der Waals surface area contributed by atoms with E-state index in [1.54, 1.807) is 12.1 Å². The van der Waals surface area contributed by atoms with Gasteiger partial charge in [-0.1, -0.05) is 6.07 Å². The third kappa shape index (κ3) is 3.34. The van der Waals surface area contributed by atoms with E-state index in [4.69, 9.17) is 10.2 Å². The van der Waals surface area contributed by atoms with Gasteiger partial charge in [0, 0.05) is 25.1 Å². The van der Waals surface area contributed by atoms with Crippen LogP contribution in [0.15, 0.2) is 18.2 Å². The van der Waals surface area contributed by atoms with Gasteiger partial charge >= 0.3 is 5.97 Å². The van der Waals surface area contributed by atoms with Crippen molar-refractivity contribution in [3.05, 3.63) is 34.9 Å². The van der Waals surface area contributed by atoms with Crippen molar-refractivity contribution in [3.8, 4) is 0 Å². The third-order valence-corrected chi connectivity index (χ3v) is 3.38. The number of hydrogen-bond donors (Lipinski definition) is 4. The summed E-state index contributed by atoms with van der Waals surface area (Å²) in [5.74, 6) is -1.58. The van der Waals surface area contributed by atoms with Crippen LogP contribution in [0.3, 0.4) is 0 Å². The Labute approximate surface area is 116 Å². The number of amides is 1. The van der Waals surface area contributed by atoms with Crippen molar-refractivity contribution in [1.29, 1.82) is 0 Å². The molecule has 108 valence electrons. The summed E-state index contributed by atoms with van der Waals surface area (Å²) in [6.45, 7) is 1.36. The quantitative estimate of drug-likeness (QED) is 0.603. The number of carboxylic acid groups (broad SMARTS) is 1. The van der Waals surface area contributed by atoms with Gasteiger partial charge < -0.3 is 20.8 Å². The fourth-order valence-corrected chi connectivity index (χ4v) is 2.25. The maximum Gasteiger partial charge on any atom is 0.326 e. The Morgan fingerprint density at radius 3 is 2.85 bits per heavy atom. The summed E-state index contributed by atoms with van der Waals surface area (Å²) in [7, 11) is 0. The number of aliphatic hydroxyl groups is 1. The second-order valence-corrected chi connectivity index (χ2v) is 4.79. The van der Waals surface area contributed by atoms with Crippen molar-refractivity contribution >= 4 is 11.9 Å². The lowest BCUT2D eigenvalue weighted by Crippen LogP contribution is -2.41. The van der Waals surface area contributed by atoms with Crippen LogP contribution in [0.25, 0.3) is 0 Å². The Hall–Kier alpha value is -1.92. The molecule has 6 heteroatoms. The van der Waals surface area contributed by atoms with Gasteiger partial charge in [-0.15, -0.1) is 0 Å². The molecule has 4 N–H and O–H groups in total. The minimum Gasteiger partial charge on any atom is -0.480 e. The monoisotopic (exact) mass is 278 g/mol. The van der Waals surface area contributed by atoms with Crippen molar-refractivity contribution in [2.75, 3.05) is 13.2 Å². The SMILES string of the molecule is O=C(NC(CCO)C(=O)O)c1ccc2c(c1)CNCC2. The topological polar surface area (TPSA) is 98.7 Å². The van der Waals surface area contributed by atoms with Gasteiger partial charge in [-0.2, -0.15) is 0 Å². The maximum atomic E-state index is 12.0. The Bertz CT molecular complexity index is 516. The molecule has 0 spiro atoms. The lowest BCUT2D eigenvalue weighted by Gasteiger charge is -2.18. The molecular formula is C14H18N2O4. The number of aliphatic hydroxyl groups excluding tert-OH is 1. The van der Waals surface area contributed by atoms with E-state index in [2.05, 4.69) is 10.6 Å². The minimum absolute atomic E-state index is 0.00638. The standard InChI is InChI=1S/C14H18N2O4/c17-6-4-12(14(19)20)16-13(18)10-2-1-9-3-5-15-8-11(9)7-10/h1-2,7,12,15,17H,3-6,8H2,(H,16,18)(H,19,20). The Morgan fingerprint density at radius 1 is 1.35 bits per heavy atom. The van der Waals surface area contributed by atoms with Crippen molar-refractivity contribution in [2.24, 2.45) is 0 Å². The van der Waals surface area contributed by atoms with Gasteiger partial charge in [-0.3, -0.25) is 4.79 Å². The lowest BCUT2D eigenvalue weighted by molar-refractivity contribution is -0.139. The molecule has 1 aromatic carbocycles. The number of hydrogen-bond acceptors (Lipinski definition) is 4. The number of benzene rings is 1. The zero-order chi connectivity index (χ0) is 14.5. The number of fused-ring (bicyclic) bond motifs is 1. The molecule has 20 heavy (non-hydrogen) atoms. The van der Waals surface area contributed by atoms with Crippen LogP contribution in [0.1, 0.15) is 27.9 Å². The summed E-state index contributed by atoms with van der Waals surface area (Å²) in [5, 5.41) is 23.4. The second kappa shape index (κ2) is 6.49. The van der Waals surface area contributed by atoms with E-state index in [0.717, 1.165) is 25.1 Å². The predicted molar refractivity (Wildman–Crippen MR) is 72.4 cm³/mol. The van der Waals surface area contributed by atoms with Crippen LogP contribution in [0.4, 0.5) is 0 Å². The third-order valence-electron chi connectivity index (χ3n) is 3.38. The fraction of sp³-hybridized carbons (Fsp3) is 0.429. The van der Waals surface area contributed by atoms with Crippen LogP contribution in [0.5, 0.6) is 0 Å². The van der Waals surface area contributed by atoms with Crippen LogP contribution in [0, 0.1) is 0 Å². The highest BCUT2D eigenvalue weighted by atomic mass is 16.4. The molecule has 0 saturated carbocycles. The van der Waals surface area contributed by atoms with E-state index in [-0.39, 0.29) is 13.0 Å². The van der Waals surface area contributed by atoms with E-state index in [1.165, 1.54) is 5.56 Å². The molecule has 0 saturated heterocycles. The first-order valence-electron chi connectivity index (χ1n) is 6.59. The first-order valence-corrected chi connectivity index (χ1v) is 6.59. The molecule has 6 nitrogen and oxygen atoms in total. The van der Waals surface area contributed by atoms with Crippen molar-refractivity contribution in [1.82, 2.24) is 10.6 Å². The van der Waals surface area contributed by atoms with Gasteiger partial charge in [-0.05, 0) is 36.2 Å². The van der Waals surface area contributed by atoms with E-state index in [1.807, 2.05) is 6.07 Å². The van der Waals surface area contributed by atoms with Gasteiger partial charge in [0.25, 0.3) is 5.91 Å². The van der Waals surface area contributed by atoms with Crippen molar-refractivity contribution in [2.45, 2.75) is 25.4 Å². The summed E-state index contributed by atoms with van der Waals surface area (Å²) in [4.78, 5) is 23.0. The summed E-state index contributed by atoms with van der Waals surface area (Å²) in [6, 6.07) is 4.33. The fourth-order valence-electron chi connectivity index (χ4n) is 2.25. The van der Waals surface area contributed by atoms with Gasteiger partial charge in [0.15, 0.2) is 0 Å². The number of aliphatic carboxylic acids is 1. The van der Waals surface area contributed by atoms with Crippen LogP contribution < -0.4 is 10.6 Å². The summed E-state index contributed by atoms with van der Waals surface area (Å²) in [6.07, 6.45) is 0.924. The zero-order valence-corrected chi connectivity index (χ0v) is 11.1. The predicted octanol–water partition coefficient (Wildman–Crippen LogP) is -0.102. The van der Waals surface area contributed by atoms with Gasteiger partial charge in [0.05, 0.1) is 0 Å². The summed E-state index contributed by atoms with van der Waals surface area (Å²) >= 11 is 0. The molecule has 0 aromatic heterocycles. The zero-order valence-electron chi connectivity index (χ0n) is 11.1. The summed E-state index contributed by atoms with van der Waals surface area (Å²) in [5.41, 5.74) is 2.72. The van der Waals surface area contributed by atoms with Crippen molar-refractivity contribution in [3.63, 3.8) is 0 Å². The van der Waals surface area contributed by atoms with E-state index in [0.29, 0.717) is 5.56 Å². The molecular weight excluding hydrogens is 260 g/mol. The molecule has 0 fully saturated rings. The van der Waals surface area contributed by atoms with Gasteiger partial charge in [0.1, 0.15) is 6.04 Å². The molecule has 1 aromatic rings. The van der Waals surface area contributed by atoms with Crippen LogP contribution >= 0.6 is 0 Å². The molecule has 1 unspecified atom stereocenters. The number of rotatable bonds is 5. The molecule has 1 amide bonds. The highest BCUT2D eigenvalue weighted by molar-refractivity contribution is 5.96. The average Bonchev–Trinajstić information content (AvgIpc) is 2.46. The first-order chi connectivity index (χ1) is 9.61. The molecule has 1 aliphatic heterocycles. The smallest absolute Gasteiger partial charge is 0.326 e. The minimum atomic E-state index is -1.15. The van der Waals surface area contributed by atoms with E-state index < -0.39 is 17.9 Å². The Morgan fingerprint density at radius 2 is 2.15 bits per heavy atom. The second-order valence-electron chi connectivity index (χ2n) is 4.79. The maximum absolute atomic E-state index is 12.0. The number of carbonyl (C=O) groups excluding carboxylic acids is 1. The van der Waals surface area contributed by atoms with Crippen LogP contribution in [-0.4, -0.2) is 41.3 Å². The van der Waals surface area contributed by atoms with Gasteiger partial charge in [-0.25, -0.2) is 4.79 Å². The lowest BCUT2D eigenvalue weighted by atomic mass is 9.98. The number of carboxylic acids is 1. The molecule has 1 heterocycles. The molecule has 0 aliphatic carbocycles. The molecule has 0 radical (unpaired) electrons. The molecule has 2 rings (SSSR count). The van der Waals surface area contributed by atoms with E-state index >= 15 is 0 Å². The average molecular weight is 278 g/mol. The Kier molecular flexibility index (Phi) is 4.70. The first kappa shape index (κ1) is 14.5. The normalized spacial score (nSPS) is 15.2. The Balaban J connectivity index is 2.10. The summed E-state index contributed by atoms with van der Waals surface area (Å²) < 4.78 is 0. The van der Waals surface area contributed by atoms with Gasteiger partial charge in [0.2, 0.25) is 0 Å². The van der Waals surface area contributed by atoms with Crippen molar-refractivity contribution < 1.29 is 19.8 Å².